The number of ketones is 2. The Bertz CT molecular complexity index is 2950. The predicted octanol–water partition coefficient (Wildman–Crippen LogP) is 14.8. The van der Waals surface area contributed by atoms with Gasteiger partial charge in [-0.05, 0) is 139 Å². The Hall–Kier alpha value is -6.88. The number of rotatable bonds is 4. The molecule has 0 fully saturated rings. The molecule has 0 saturated heterocycles. The number of allylic oxidation sites excluding steroid dienone is 1. The fourth-order valence-corrected chi connectivity index (χ4v) is 7.62. The Morgan fingerprint density at radius 2 is 0.746 bits per heavy atom. The van der Waals surface area contributed by atoms with E-state index in [1.807, 2.05) is 62.4 Å². The van der Waals surface area contributed by atoms with E-state index >= 15 is 0 Å². The summed E-state index contributed by atoms with van der Waals surface area (Å²) in [7, 11) is 0. The minimum Gasteiger partial charge on any atom is -0.397 e. The van der Waals surface area contributed by atoms with Crippen LogP contribution in [-0.4, -0.2) is 23.3 Å². The van der Waals surface area contributed by atoms with E-state index in [0.717, 1.165) is 44.2 Å². The largest absolute Gasteiger partial charge is 0.397 e. The highest BCUT2D eigenvalue weighted by Crippen LogP contribution is 2.40. The summed E-state index contributed by atoms with van der Waals surface area (Å²) in [6, 6.07) is 58.8. The number of fused-ring (bicyclic) bond motifs is 6. The molecule has 0 saturated carbocycles. The van der Waals surface area contributed by atoms with E-state index in [1.165, 1.54) is 38.7 Å². The molecule has 59 heavy (non-hydrogen) atoms. The highest BCUT2D eigenvalue weighted by molar-refractivity contribution is 6.42. The van der Waals surface area contributed by atoms with Crippen molar-refractivity contribution < 1.29 is 14.7 Å². The van der Waals surface area contributed by atoms with Crippen LogP contribution in [-0.2, 0) is 0 Å². The maximum absolute atomic E-state index is 13.4. The minimum absolute atomic E-state index is 0.211. The maximum Gasteiger partial charge on any atom is 0.197 e. The number of aliphatic hydroxyl groups excluding tert-OH is 1. The van der Waals surface area contributed by atoms with Crippen molar-refractivity contribution in [3.05, 3.63) is 192 Å². The summed E-state index contributed by atoms with van der Waals surface area (Å²) in [6.07, 6.45) is 2.99. The molecule has 292 valence electrons. The third-order valence-corrected chi connectivity index (χ3v) is 10.2. The molecule has 4 nitrogen and oxygen atoms in total. The van der Waals surface area contributed by atoms with Gasteiger partial charge in [0.15, 0.2) is 11.6 Å². The molecular formula is C55H49NO3. The van der Waals surface area contributed by atoms with Gasteiger partial charge in [-0.15, -0.1) is 0 Å². The van der Waals surface area contributed by atoms with Gasteiger partial charge in [-0.2, -0.15) is 0 Å². The zero-order valence-corrected chi connectivity index (χ0v) is 34.4. The second-order valence-electron chi connectivity index (χ2n) is 14.4. The molecule has 1 aliphatic carbocycles. The summed E-state index contributed by atoms with van der Waals surface area (Å²) in [5, 5.41) is 18.8. The van der Waals surface area contributed by atoms with Gasteiger partial charge in [-0.25, -0.2) is 0 Å². The van der Waals surface area contributed by atoms with Crippen molar-refractivity contribution in [2.45, 2.75) is 41.0 Å². The third kappa shape index (κ3) is 8.27. The van der Waals surface area contributed by atoms with Crippen LogP contribution in [0.5, 0.6) is 0 Å². The highest BCUT2D eigenvalue weighted by Gasteiger charge is 2.33. The zero-order chi connectivity index (χ0) is 41.5. The molecular weight excluding hydrogens is 723 g/mol. The molecule has 0 unspecified atom stereocenters. The average Bonchev–Trinajstić information content (AvgIpc) is 3.49. The van der Waals surface area contributed by atoms with Gasteiger partial charge in [-0.1, -0.05) is 137 Å². The highest BCUT2D eigenvalue weighted by atomic mass is 16.2. The van der Waals surface area contributed by atoms with Crippen LogP contribution in [0.2, 0.25) is 0 Å². The molecule has 0 heterocycles. The van der Waals surface area contributed by atoms with Gasteiger partial charge in [0.2, 0.25) is 0 Å². The van der Waals surface area contributed by atoms with Crippen molar-refractivity contribution in [3.63, 3.8) is 0 Å². The van der Waals surface area contributed by atoms with Crippen molar-refractivity contribution in [1.82, 2.24) is 0 Å². The van der Waals surface area contributed by atoms with Crippen molar-refractivity contribution >= 4 is 88.6 Å². The summed E-state index contributed by atoms with van der Waals surface area (Å²) < 4.78 is 0. The number of carbonyl (C=O) groups is 2. The number of nitrogens with zero attached hydrogens (tertiary/aromatic N) is 1. The van der Waals surface area contributed by atoms with Crippen molar-refractivity contribution in [2.75, 3.05) is 11.5 Å². The van der Waals surface area contributed by atoms with E-state index in [4.69, 9.17) is 5.11 Å². The lowest BCUT2D eigenvalue weighted by atomic mass is 10.0. The lowest BCUT2D eigenvalue weighted by Gasteiger charge is -2.26. The first-order valence-corrected chi connectivity index (χ1v) is 20.6. The van der Waals surface area contributed by atoms with Crippen LogP contribution in [0.15, 0.2) is 175 Å². The first-order chi connectivity index (χ1) is 28.9. The zero-order valence-electron chi connectivity index (χ0n) is 34.4. The lowest BCUT2D eigenvalue weighted by molar-refractivity contribution is 0.0990. The van der Waals surface area contributed by atoms with E-state index in [-0.39, 0.29) is 23.7 Å². The van der Waals surface area contributed by atoms with Crippen LogP contribution in [0.1, 0.15) is 67.3 Å². The van der Waals surface area contributed by atoms with Gasteiger partial charge in [0.25, 0.3) is 0 Å². The molecule has 1 aliphatic rings. The Morgan fingerprint density at radius 3 is 1.24 bits per heavy atom. The smallest absolute Gasteiger partial charge is 0.197 e. The summed E-state index contributed by atoms with van der Waals surface area (Å²) >= 11 is 0. The summed E-state index contributed by atoms with van der Waals surface area (Å²) in [5.74, 6) is -0.434. The van der Waals surface area contributed by atoms with Gasteiger partial charge in [-0.3, -0.25) is 9.59 Å². The first-order valence-electron chi connectivity index (χ1n) is 20.6. The first kappa shape index (κ1) is 40.3. The Morgan fingerprint density at radius 1 is 0.424 bits per heavy atom. The molecule has 9 aromatic rings. The Labute approximate surface area is 346 Å². The van der Waals surface area contributed by atoms with Crippen LogP contribution >= 0.6 is 0 Å². The summed E-state index contributed by atoms with van der Waals surface area (Å²) in [4.78, 5) is 29.2. The number of aliphatic hydroxyl groups is 1. The van der Waals surface area contributed by atoms with Crippen LogP contribution < -0.4 is 4.90 Å². The van der Waals surface area contributed by atoms with E-state index in [1.54, 1.807) is 13.0 Å². The minimum atomic E-state index is -0.217. The molecule has 0 atom stereocenters. The van der Waals surface area contributed by atoms with E-state index in [0.29, 0.717) is 11.1 Å². The molecule has 10 rings (SSSR count). The van der Waals surface area contributed by atoms with Gasteiger partial charge in [0, 0.05) is 34.8 Å². The van der Waals surface area contributed by atoms with E-state index < -0.39 is 0 Å². The third-order valence-electron chi connectivity index (χ3n) is 10.2. The van der Waals surface area contributed by atoms with Crippen molar-refractivity contribution in [3.8, 4) is 0 Å². The number of hydrogen-bond acceptors (Lipinski definition) is 4. The van der Waals surface area contributed by atoms with Crippen molar-refractivity contribution in [2.24, 2.45) is 0 Å². The maximum atomic E-state index is 13.4. The van der Waals surface area contributed by atoms with Gasteiger partial charge in [0.1, 0.15) is 0 Å². The molecule has 0 spiro atoms. The van der Waals surface area contributed by atoms with Crippen LogP contribution in [0.4, 0.5) is 17.1 Å². The standard InChI is InChI=1S/C48H29NO2.C3H8.C2H6O.C2H6/c50-47-44-28-35-11-5-6-12-36(35)29-45(44)48(51)46(47)22-30-13-14-39-26-42(19-16-37(39)21-30)49(41-18-15-31-7-1-2-10-34(31)25-41)43-20-17-38-23-32-8-3-4-9-33(32)24-40(38)27-43;1-3-2;1-2-3;1-2/h1-29H;3H2,1-2H3;3H,2H2,1H3;1-2H3. The fourth-order valence-electron chi connectivity index (χ4n) is 7.62. The molecule has 4 heteroatoms. The summed E-state index contributed by atoms with van der Waals surface area (Å²) in [5.41, 5.74) is 5.16. The van der Waals surface area contributed by atoms with Crippen LogP contribution in [0.3, 0.4) is 0 Å². The topological polar surface area (TPSA) is 57.6 Å². The van der Waals surface area contributed by atoms with Crippen molar-refractivity contribution in [1.29, 1.82) is 0 Å². The molecule has 0 aromatic heterocycles. The number of anilines is 3. The average molecular weight is 772 g/mol. The second kappa shape index (κ2) is 18.1. The summed E-state index contributed by atoms with van der Waals surface area (Å²) in [6.45, 7) is 10.2. The molecule has 0 aliphatic heterocycles. The predicted molar refractivity (Wildman–Crippen MR) is 252 cm³/mol. The monoisotopic (exact) mass is 771 g/mol. The van der Waals surface area contributed by atoms with Crippen LogP contribution in [0.25, 0.3) is 59.9 Å². The molecule has 1 N–H and O–H groups in total. The second-order valence-corrected chi connectivity index (χ2v) is 14.4. The molecule has 0 bridgehead atoms. The Kier molecular flexibility index (Phi) is 12.4. The lowest BCUT2D eigenvalue weighted by Crippen LogP contribution is -2.10. The van der Waals surface area contributed by atoms with E-state index in [9.17, 15) is 9.59 Å². The number of carbonyl (C=O) groups excluding carboxylic acids is 2. The fraction of sp³-hybridized carbons (Fsp3) is 0.127. The normalized spacial score (nSPS) is 11.7. The van der Waals surface area contributed by atoms with Gasteiger partial charge < -0.3 is 10.0 Å². The molecule has 9 aromatic carbocycles. The quantitative estimate of drug-likeness (QED) is 0.110. The number of Topliss-reactive ketones (excluding diaryl/α,β-unsaturated/α-hetero) is 2. The van der Waals surface area contributed by atoms with Gasteiger partial charge in [0.05, 0.1) is 5.57 Å². The van der Waals surface area contributed by atoms with E-state index in [2.05, 4.69) is 140 Å². The SMILES string of the molecule is CC.CCC.CCO.O=C1C(=Cc2ccc3cc(N(c4ccc5ccccc5c4)c4ccc5cc6ccccc6cc5c4)ccc3c2)C(=O)c2cc3ccccc3cc21. The molecule has 0 radical (unpaired) electrons. The molecule has 0 amide bonds. The number of benzene rings is 9. The van der Waals surface area contributed by atoms with Crippen LogP contribution in [0, 0.1) is 0 Å². The number of hydrogen-bond donors (Lipinski definition) is 1. The Balaban J connectivity index is 0.000000617. The van der Waals surface area contributed by atoms with Gasteiger partial charge >= 0.3 is 0 Å².